The predicted octanol–water partition coefficient (Wildman–Crippen LogP) is 1.93. The normalized spacial score (nSPS) is 12.6. The van der Waals surface area contributed by atoms with E-state index in [9.17, 15) is 0 Å². The van der Waals surface area contributed by atoms with Gasteiger partial charge in [-0.3, -0.25) is 4.68 Å². The van der Waals surface area contributed by atoms with Crippen molar-refractivity contribution < 1.29 is 0 Å². The van der Waals surface area contributed by atoms with Crippen molar-refractivity contribution in [2.24, 2.45) is 5.73 Å². The summed E-state index contributed by atoms with van der Waals surface area (Å²) in [4.78, 5) is 4.17. The predicted molar refractivity (Wildman–Crippen MR) is 67.4 cm³/mol. The number of rotatable bonds is 5. The molecule has 2 rings (SSSR count). The average Bonchev–Trinajstić information content (AvgIpc) is 2.79. The summed E-state index contributed by atoms with van der Waals surface area (Å²) in [6.45, 7) is 2.78. The van der Waals surface area contributed by atoms with Crippen LogP contribution < -0.4 is 5.73 Å². The van der Waals surface area contributed by atoms with E-state index in [0.717, 1.165) is 19.4 Å². The van der Waals surface area contributed by atoms with E-state index < -0.39 is 0 Å². The first-order valence-electron chi connectivity index (χ1n) is 5.94. The minimum absolute atomic E-state index is 0.0922. The van der Waals surface area contributed by atoms with Crippen molar-refractivity contribution in [3.8, 4) is 0 Å². The van der Waals surface area contributed by atoms with Crippen molar-refractivity contribution in [3.05, 3.63) is 48.0 Å². The van der Waals surface area contributed by atoms with E-state index in [-0.39, 0.29) is 6.04 Å². The fourth-order valence-corrected chi connectivity index (χ4v) is 1.72. The molecular weight excluding hydrogens is 212 g/mol. The van der Waals surface area contributed by atoms with Crippen LogP contribution in [0.3, 0.4) is 0 Å². The van der Waals surface area contributed by atoms with Crippen LogP contribution in [0, 0.1) is 0 Å². The largest absolute Gasteiger partial charge is 0.321 e. The number of nitrogens with zero attached hydrogens (tertiary/aromatic N) is 3. The number of nitrogens with two attached hydrogens (primary N) is 1. The van der Waals surface area contributed by atoms with Crippen molar-refractivity contribution in [2.45, 2.75) is 32.4 Å². The van der Waals surface area contributed by atoms with Gasteiger partial charge in [-0.15, -0.1) is 0 Å². The zero-order valence-electron chi connectivity index (χ0n) is 10.1. The van der Waals surface area contributed by atoms with Crippen molar-refractivity contribution in [2.75, 3.05) is 0 Å². The van der Waals surface area contributed by atoms with Gasteiger partial charge in [-0.1, -0.05) is 30.3 Å². The number of aromatic nitrogens is 3. The Morgan fingerprint density at radius 1 is 1.29 bits per heavy atom. The van der Waals surface area contributed by atoms with Gasteiger partial charge in [0.25, 0.3) is 0 Å². The highest BCUT2D eigenvalue weighted by molar-refractivity contribution is 5.14. The molecule has 17 heavy (non-hydrogen) atoms. The minimum Gasteiger partial charge on any atom is -0.321 e. The second-order valence-electron chi connectivity index (χ2n) is 4.24. The maximum absolute atomic E-state index is 5.71. The van der Waals surface area contributed by atoms with Crippen molar-refractivity contribution >= 4 is 0 Å². The summed E-state index contributed by atoms with van der Waals surface area (Å²) in [6, 6.07) is 10.4. The molecule has 1 aromatic carbocycles. The van der Waals surface area contributed by atoms with Crippen LogP contribution in [-0.2, 0) is 13.0 Å². The van der Waals surface area contributed by atoms with Crippen molar-refractivity contribution in [1.82, 2.24) is 14.8 Å². The molecule has 0 aliphatic rings. The van der Waals surface area contributed by atoms with Gasteiger partial charge in [0.05, 0.1) is 6.04 Å². The summed E-state index contributed by atoms with van der Waals surface area (Å²) in [5.74, 6) is 0.713. The summed E-state index contributed by atoms with van der Waals surface area (Å²) in [7, 11) is 0. The zero-order valence-corrected chi connectivity index (χ0v) is 10.1. The summed E-state index contributed by atoms with van der Waals surface area (Å²) in [6.07, 6.45) is 3.88. The van der Waals surface area contributed by atoms with E-state index in [1.807, 2.05) is 17.7 Å². The molecule has 0 bridgehead atoms. The molecule has 1 aromatic heterocycles. The molecule has 0 radical (unpaired) electrons. The lowest BCUT2D eigenvalue weighted by atomic mass is 10.1. The smallest absolute Gasteiger partial charge is 0.166 e. The maximum atomic E-state index is 5.71. The monoisotopic (exact) mass is 230 g/mol. The molecule has 0 saturated carbocycles. The Hall–Kier alpha value is -1.68. The Morgan fingerprint density at radius 2 is 2.06 bits per heavy atom. The summed E-state index contributed by atoms with van der Waals surface area (Å²) >= 11 is 0. The van der Waals surface area contributed by atoms with Gasteiger partial charge in [0.1, 0.15) is 6.33 Å². The topological polar surface area (TPSA) is 56.7 Å². The van der Waals surface area contributed by atoms with Gasteiger partial charge in [-0.2, -0.15) is 5.10 Å². The van der Waals surface area contributed by atoms with Crippen LogP contribution in [0.5, 0.6) is 0 Å². The highest BCUT2D eigenvalue weighted by Gasteiger charge is 2.04. The molecule has 2 aromatic rings. The first-order valence-corrected chi connectivity index (χ1v) is 5.94. The molecule has 4 heteroatoms. The van der Waals surface area contributed by atoms with Gasteiger partial charge in [-0.25, -0.2) is 4.98 Å². The first kappa shape index (κ1) is 11.8. The van der Waals surface area contributed by atoms with Gasteiger partial charge >= 0.3 is 0 Å². The molecule has 0 amide bonds. The van der Waals surface area contributed by atoms with Crippen LogP contribution in [0.15, 0.2) is 36.7 Å². The SMILES string of the molecule is CC(N)c1ncn(CCCc2ccccc2)n1. The van der Waals surface area contributed by atoms with E-state index in [4.69, 9.17) is 5.73 Å². The van der Waals surface area contributed by atoms with E-state index in [0.29, 0.717) is 5.82 Å². The van der Waals surface area contributed by atoms with Crippen LogP contribution in [0.2, 0.25) is 0 Å². The van der Waals surface area contributed by atoms with Crippen molar-refractivity contribution in [3.63, 3.8) is 0 Å². The molecule has 0 fully saturated rings. The van der Waals surface area contributed by atoms with Crippen LogP contribution in [0.4, 0.5) is 0 Å². The molecule has 4 nitrogen and oxygen atoms in total. The molecule has 0 aliphatic carbocycles. The van der Waals surface area contributed by atoms with Gasteiger partial charge in [0, 0.05) is 6.54 Å². The lowest BCUT2D eigenvalue weighted by Gasteiger charge is -2.02. The summed E-state index contributed by atoms with van der Waals surface area (Å²) in [5, 5.41) is 4.32. The third-order valence-electron chi connectivity index (χ3n) is 2.66. The maximum Gasteiger partial charge on any atom is 0.166 e. The van der Waals surface area contributed by atoms with Gasteiger partial charge in [-0.05, 0) is 25.3 Å². The minimum atomic E-state index is -0.0922. The summed E-state index contributed by atoms with van der Waals surface area (Å²) < 4.78 is 1.86. The molecule has 0 aliphatic heterocycles. The van der Waals surface area contributed by atoms with E-state index >= 15 is 0 Å². The number of hydrogen-bond donors (Lipinski definition) is 1. The third kappa shape index (κ3) is 3.39. The second kappa shape index (κ2) is 5.59. The van der Waals surface area contributed by atoms with Crippen LogP contribution in [0.25, 0.3) is 0 Å². The summed E-state index contributed by atoms with van der Waals surface area (Å²) in [5.41, 5.74) is 7.07. The Labute approximate surface area is 101 Å². The quantitative estimate of drug-likeness (QED) is 0.854. The molecule has 1 unspecified atom stereocenters. The molecule has 0 spiro atoms. The van der Waals surface area contributed by atoms with E-state index in [2.05, 4.69) is 34.3 Å². The van der Waals surface area contributed by atoms with Crippen LogP contribution in [-0.4, -0.2) is 14.8 Å². The highest BCUT2D eigenvalue weighted by atomic mass is 15.3. The highest BCUT2D eigenvalue weighted by Crippen LogP contribution is 2.05. The molecule has 1 heterocycles. The molecule has 0 saturated heterocycles. The molecule has 90 valence electrons. The fourth-order valence-electron chi connectivity index (χ4n) is 1.72. The Kier molecular flexibility index (Phi) is 3.88. The second-order valence-corrected chi connectivity index (χ2v) is 4.24. The first-order chi connectivity index (χ1) is 8.25. The van der Waals surface area contributed by atoms with Crippen LogP contribution in [0.1, 0.15) is 30.8 Å². The third-order valence-corrected chi connectivity index (χ3v) is 2.66. The van der Waals surface area contributed by atoms with Gasteiger partial charge < -0.3 is 5.73 Å². The van der Waals surface area contributed by atoms with E-state index in [1.165, 1.54) is 5.56 Å². The zero-order chi connectivity index (χ0) is 12.1. The molecule has 2 N–H and O–H groups in total. The lowest BCUT2D eigenvalue weighted by Crippen LogP contribution is -2.08. The molecular formula is C13H18N4. The molecule has 1 atom stereocenters. The average molecular weight is 230 g/mol. The number of benzene rings is 1. The number of aryl methyl sites for hydroxylation is 2. The number of hydrogen-bond acceptors (Lipinski definition) is 3. The van der Waals surface area contributed by atoms with E-state index in [1.54, 1.807) is 6.33 Å². The fraction of sp³-hybridized carbons (Fsp3) is 0.385. The standard InChI is InChI=1S/C13H18N4/c1-11(14)13-15-10-17(16-13)9-5-8-12-6-3-2-4-7-12/h2-4,6-7,10-11H,5,8-9,14H2,1H3. The Balaban J connectivity index is 1.82. The Bertz CT molecular complexity index is 447. The van der Waals surface area contributed by atoms with Gasteiger partial charge in [0.15, 0.2) is 5.82 Å². The van der Waals surface area contributed by atoms with Gasteiger partial charge in [0.2, 0.25) is 0 Å². The van der Waals surface area contributed by atoms with Crippen molar-refractivity contribution in [1.29, 1.82) is 0 Å². The van der Waals surface area contributed by atoms with Crippen LogP contribution >= 0.6 is 0 Å². The Morgan fingerprint density at radius 3 is 2.71 bits per heavy atom. The lowest BCUT2D eigenvalue weighted by molar-refractivity contribution is 0.565.